The first-order valence-electron chi connectivity index (χ1n) is 6.99. The van der Waals surface area contributed by atoms with Crippen LogP contribution >= 0.6 is 11.3 Å². The lowest BCUT2D eigenvalue weighted by atomic mass is 10.1. The minimum atomic E-state index is 0.0220. The van der Waals surface area contributed by atoms with Crippen molar-refractivity contribution in [1.29, 1.82) is 0 Å². The van der Waals surface area contributed by atoms with Crippen molar-refractivity contribution < 1.29 is 4.79 Å². The molecule has 21 heavy (non-hydrogen) atoms. The van der Waals surface area contributed by atoms with Crippen molar-refractivity contribution >= 4 is 22.9 Å². The van der Waals surface area contributed by atoms with Crippen LogP contribution in [0.5, 0.6) is 0 Å². The van der Waals surface area contributed by atoms with Gasteiger partial charge in [0.25, 0.3) is 0 Å². The van der Waals surface area contributed by atoms with Gasteiger partial charge in [0, 0.05) is 41.3 Å². The SMILES string of the molecule is CC(C)(C)NCCC(=O)Nc1ccc(-c2nccs2)cc1. The Hall–Kier alpha value is -1.72. The van der Waals surface area contributed by atoms with Crippen LogP contribution in [0, 0.1) is 0 Å². The Morgan fingerprint density at radius 3 is 2.52 bits per heavy atom. The second-order valence-electron chi connectivity index (χ2n) is 5.89. The number of benzene rings is 1. The fraction of sp³-hybridized carbons (Fsp3) is 0.375. The van der Waals surface area contributed by atoms with Crippen LogP contribution in [0.3, 0.4) is 0 Å². The molecule has 0 aliphatic rings. The molecule has 0 fully saturated rings. The lowest BCUT2D eigenvalue weighted by Crippen LogP contribution is -2.37. The van der Waals surface area contributed by atoms with E-state index in [1.165, 1.54) is 0 Å². The molecular formula is C16H21N3OS. The number of hydrogen-bond acceptors (Lipinski definition) is 4. The molecule has 4 nitrogen and oxygen atoms in total. The summed E-state index contributed by atoms with van der Waals surface area (Å²) in [5, 5.41) is 9.14. The van der Waals surface area contributed by atoms with E-state index in [4.69, 9.17) is 0 Å². The summed E-state index contributed by atoms with van der Waals surface area (Å²) in [5.74, 6) is 0.0220. The Kier molecular flexibility index (Phi) is 5.09. The molecule has 0 spiro atoms. The molecular weight excluding hydrogens is 282 g/mol. The number of carbonyl (C=O) groups is 1. The van der Waals surface area contributed by atoms with Crippen molar-refractivity contribution in [3.05, 3.63) is 35.8 Å². The van der Waals surface area contributed by atoms with Crippen molar-refractivity contribution in [2.75, 3.05) is 11.9 Å². The molecule has 1 aromatic carbocycles. The van der Waals surface area contributed by atoms with Crippen molar-refractivity contribution in [3.8, 4) is 10.6 Å². The van der Waals surface area contributed by atoms with E-state index in [0.29, 0.717) is 13.0 Å². The first-order chi connectivity index (χ1) is 9.94. The smallest absolute Gasteiger partial charge is 0.225 e. The van der Waals surface area contributed by atoms with Gasteiger partial charge in [-0.3, -0.25) is 4.79 Å². The summed E-state index contributed by atoms with van der Waals surface area (Å²) in [7, 11) is 0. The number of hydrogen-bond donors (Lipinski definition) is 2. The fourth-order valence-corrected chi connectivity index (χ4v) is 2.48. The molecule has 1 heterocycles. The Morgan fingerprint density at radius 2 is 1.95 bits per heavy atom. The molecule has 5 heteroatoms. The molecule has 0 saturated carbocycles. The highest BCUT2D eigenvalue weighted by Gasteiger charge is 2.09. The first kappa shape index (κ1) is 15.7. The van der Waals surface area contributed by atoms with Crippen LogP contribution in [0.25, 0.3) is 10.6 Å². The quantitative estimate of drug-likeness (QED) is 0.888. The Morgan fingerprint density at radius 1 is 1.24 bits per heavy atom. The van der Waals surface area contributed by atoms with E-state index in [1.807, 2.05) is 29.6 Å². The van der Waals surface area contributed by atoms with Gasteiger partial charge in [0.15, 0.2) is 0 Å². The van der Waals surface area contributed by atoms with Crippen LogP contribution < -0.4 is 10.6 Å². The first-order valence-corrected chi connectivity index (χ1v) is 7.87. The fourth-order valence-electron chi connectivity index (χ4n) is 1.84. The van der Waals surface area contributed by atoms with Crippen molar-refractivity contribution in [2.24, 2.45) is 0 Å². The van der Waals surface area contributed by atoms with E-state index in [9.17, 15) is 4.79 Å². The number of thiazole rings is 1. The van der Waals surface area contributed by atoms with Gasteiger partial charge < -0.3 is 10.6 Å². The monoisotopic (exact) mass is 303 g/mol. The van der Waals surface area contributed by atoms with Gasteiger partial charge in [-0.15, -0.1) is 11.3 Å². The van der Waals surface area contributed by atoms with Crippen molar-refractivity contribution in [2.45, 2.75) is 32.7 Å². The van der Waals surface area contributed by atoms with Gasteiger partial charge in [0.05, 0.1) is 0 Å². The van der Waals surface area contributed by atoms with Gasteiger partial charge in [-0.05, 0) is 45.0 Å². The molecule has 0 aliphatic carbocycles. The van der Waals surface area contributed by atoms with Crippen LogP contribution in [0.2, 0.25) is 0 Å². The molecule has 2 rings (SSSR count). The summed E-state index contributed by atoms with van der Waals surface area (Å²) in [5.41, 5.74) is 1.92. The predicted octanol–water partition coefficient (Wildman–Crippen LogP) is 3.53. The number of carbonyl (C=O) groups excluding carboxylic acids is 1. The van der Waals surface area contributed by atoms with E-state index < -0.39 is 0 Å². The topological polar surface area (TPSA) is 54.0 Å². The van der Waals surface area contributed by atoms with Crippen LogP contribution in [0.15, 0.2) is 35.8 Å². The highest BCUT2D eigenvalue weighted by atomic mass is 32.1. The zero-order valence-corrected chi connectivity index (χ0v) is 13.5. The third kappa shape index (κ3) is 5.28. The minimum absolute atomic E-state index is 0.0220. The molecule has 0 saturated heterocycles. The molecule has 0 unspecified atom stereocenters. The predicted molar refractivity (Wildman–Crippen MR) is 88.6 cm³/mol. The van der Waals surface area contributed by atoms with Crippen molar-refractivity contribution in [1.82, 2.24) is 10.3 Å². The Balaban J connectivity index is 1.84. The summed E-state index contributed by atoms with van der Waals surface area (Å²) < 4.78 is 0. The average Bonchev–Trinajstić information content (AvgIpc) is 2.92. The number of anilines is 1. The Labute approximate surface area is 129 Å². The van der Waals surface area contributed by atoms with Crippen LogP contribution in [0.4, 0.5) is 5.69 Å². The molecule has 2 aromatic rings. The zero-order chi connectivity index (χ0) is 15.3. The second kappa shape index (κ2) is 6.83. The summed E-state index contributed by atoms with van der Waals surface area (Å²) in [6.07, 6.45) is 2.25. The van der Waals surface area contributed by atoms with E-state index in [2.05, 4.69) is 36.4 Å². The highest BCUT2D eigenvalue weighted by molar-refractivity contribution is 7.13. The summed E-state index contributed by atoms with van der Waals surface area (Å²) in [6.45, 7) is 6.93. The van der Waals surface area contributed by atoms with E-state index in [-0.39, 0.29) is 11.4 Å². The molecule has 0 atom stereocenters. The minimum Gasteiger partial charge on any atom is -0.326 e. The highest BCUT2D eigenvalue weighted by Crippen LogP contribution is 2.23. The third-order valence-electron chi connectivity index (χ3n) is 2.86. The van der Waals surface area contributed by atoms with E-state index >= 15 is 0 Å². The van der Waals surface area contributed by atoms with Gasteiger partial charge in [-0.2, -0.15) is 0 Å². The molecule has 0 radical (unpaired) electrons. The second-order valence-corrected chi connectivity index (χ2v) is 6.78. The van der Waals surface area contributed by atoms with E-state index in [1.54, 1.807) is 17.5 Å². The standard InChI is InChI=1S/C16H21N3OS/c1-16(2,3)18-9-8-14(20)19-13-6-4-12(5-7-13)15-17-10-11-21-15/h4-7,10-11,18H,8-9H2,1-3H3,(H,19,20). The van der Waals surface area contributed by atoms with Gasteiger partial charge in [-0.25, -0.2) is 4.98 Å². The summed E-state index contributed by atoms with van der Waals surface area (Å²) in [6, 6.07) is 7.77. The Bertz CT molecular complexity index is 571. The van der Waals surface area contributed by atoms with Gasteiger partial charge in [0.1, 0.15) is 5.01 Å². The maximum Gasteiger partial charge on any atom is 0.225 e. The number of amides is 1. The average molecular weight is 303 g/mol. The summed E-state index contributed by atoms with van der Waals surface area (Å²) in [4.78, 5) is 16.1. The molecule has 112 valence electrons. The lowest BCUT2D eigenvalue weighted by Gasteiger charge is -2.20. The normalized spacial score (nSPS) is 11.4. The number of rotatable bonds is 5. The van der Waals surface area contributed by atoms with Crippen molar-refractivity contribution in [3.63, 3.8) is 0 Å². The van der Waals surface area contributed by atoms with Gasteiger partial charge in [-0.1, -0.05) is 0 Å². The van der Waals surface area contributed by atoms with E-state index in [0.717, 1.165) is 16.3 Å². The molecule has 0 bridgehead atoms. The maximum atomic E-state index is 11.9. The summed E-state index contributed by atoms with van der Waals surface area (Å²) >= 11 is 1.60. The third-order valence-corrected chi connectivity index (χ3v) is 3.68. The number of nitrogens with one attached hydrogen (secondary N) is 2. The molecule has 1 amide bonds. The molecule has 1 aromatic heterocycles. The molecule has 0 aliphatic heterocycles. The van der Waals surface area contributed by atoms with Crippen LogP contribution in [-0.4, -0.2) is 23.0 Å². The van der Waals surface area contributed by atoms with Gasteiger partial charge in [0.2, 0.25) is 5.91 Å². The maximum absolute atomic E-state index is 11.9. The zero-order valence-electron chi connectivity index (χ0n) is 12.6. The van der Waals surface area contributed by atoms with Crippen LogP contribution in [0.1, 0.15) is 27.2 Å². The lowest BCUT2D eigenvalue weighted by molar-refractivity contribution is -0.116. The number of nitrogens with zero attached hydrogens (tertiary/aromatic N) is 1. The largest absolute Gasteiger partial charge is 0.326 e. The van der Waals surface area contributed by atoms with Gasteiger partial charge >= 0.3 is 0 Å². The molecule has 2 N–H and O–H groups in total. The van der Waals surface area contributed by atoms with Crippen LogP contribution in [-0.2, 0) is 4.79 Å². The number of aromatic nitrogens is 1.